The summed E-state index contributed by atoms with van der Waals surface area (Å²) in [5.74, 6) is -0.989. The van der Waals surface area contributed by atoms with Crippen LogP contribution in [0, 0.1) is 0 Å². The van der Waals surface area contributed by atoms with E-state index >= 15 is 0 Å². The minimum Gasteiger partial charge on any atom is -0.467 e. The molecule has 1 aromatic carbocycles. The van der Waals surface area contributed by atoms with Crippen molar-refractivity contribution in [1.82, 2.24) is 5.32 Å². The van der Waals surface area contributed by atoms with Gasteiger partial charge in [0.25, 0.3) is 0 Å². The normalized spacial score (nSPS) is 11.3. The van der Waals surface area contributed by atoms with Crippen LogP contribution in [0.5, 0.6) is 5.75 Å². The number of nitrogens with one attached hydrogen (secondary N) is 1. The van der Waals surface area contributed by atoms with E-state index in [4.69, 9.17) is 4.74 Å². The van der Waals surface area contributed by atoms with Crippen molar-refractivity contribution >= 4 is 17.8 Å². The molecule has 0 fully saturated rings. The zero-order valence-electron chi connectivity index (χ0n) is 10.9. The Morgan fingerprint density at radius 1 is 1.11 bits per heavy atom. The third-order valence-corrected chi connectivity index (χ3v) is 2.26. The smallest absolute Gasteiger partial charge is 0.333 e. The van der Waals surface area contributed by atoms with E-state index in [-0.39, 0.29) is 5.91 Å². The third kappa shape index (κ3) is 4.42. The molecule has 0 spiro atoms. The van der Waals surface area contributed by atoms with Gasteiger partial charge in [-0.2, -0.15) is 0 Å². The first-order valence-corrected chi connectivity index (χ1v) is 5.57. The summed E-state index contributed by atoms with van der Waals surface area (Å²) in [6, 6.07) is 5.35. The van der Waals surface area contributed by atoms with Gasteiger partial charge in [-0.05, 0) is 17.7 Å². The molecule has 0 aromatic heterocycles. The SMILES string of the molecule is COC(=O)C(NC(C)=O)c1ccc(OC(C)=O)cc1. The lowest BCUT2D eigenvalue weighted by atomic mass is 10.1. The zero-order valence-corrected chi connectivity index (χ0v) is 10.9. The lowest BCUT2D eigenvalue weighted by Gasteiger charge is -2.16. The predicted molar refractivity (Wildman–Crippen MR) is 66.3 cm³/mol. The molecule has 0 aliphatic carbocycles. The maximum atomic E-state index is 11.6. The van der Waals surface area contributed by atoms with E-state index < -0.39 is 18.0 Å². The number of rotatable bonds is 4. The second kappa shape index (κ2) is 6.53. The Kier molecular flexibility index (Phi) is 5.05. The second-order valence-electron chi connectivity index (χ2n) is 3.82. The molecule has 0 aliphatic rings. The molecule has 1 N–H and O–H groups in total. The van der Waals surface area contributed by atoms with Gasteiger partial charge in [0, 0.05) is 13.8 Å². The van der Waals surface area contributed by atoms with Crippen molar-refractivity contribution in [2.75, 3.05) is 7.11 Å². The van der Waals surface area contributed by atoms with E-state index in [1.165, 1.54) is 33.1 Å². The summed E-state index contributed by atoms with van der Waals surface area (Å²) in [6.07, 6.45) is 0. The summed E-state index contributed by atoms with van der Waals surface area (Å²) in [7, 11) is 1.24. The van der Waals surface area contributed by atoms with Gasteiger partial charge in [0.1, 0.15) is 5.75 Å². The van der Waals surface area contributed by atoms with Crippen molar-refractivity contribution in [3.05, 3.63) is 29.8 Å². The number of hydrogen-bond donors (Lipinski definition) is 1. The highest BCUT2D eigenvalue weighted by Crippen LogP contribution is 2.19. The summed E-state index contributed by atoms with van der Waals surface area (Å²) in [4.78, 5) is 33.4. The van der Waals surface area contributed by atoms with E-state index in [0.29, 0.717) is 11.3 Å². The Morgan fingerprint density at radius 2 is 1.68 bits per heavy atom. The maximum Gasteiger partial charge on any atom is 0.333 e. The van der Waals surface area contributed by atoms with Crippen LogP contribution in [0.15, 0.2) is 24.3 Å². The number of hydrogen-bond acceptors (Lipinski definition) is 5. The lowest BCUT2D eigenvalue weighted by molar-refractivity contribution is -0.145. The quantitative estimate of drug-likeness (QED) is 0.647. The van der Waals surface area contributed by atoms with Crippen LogP contribution in [0.1, 0.15) is 25.5 Å². The monoisotopic (exact) mass is 265 g/mol. The minimum atomic E-state index is -0.881. The van der Waals surface area contributed by atoms with Crippen LogP contribution in [-0.4, -0.2) is 25.0 Å². The highest BCUT2D eigenvalue weighted by Gasteiger charge is 2.22. The summed E-state index contributed by atoms with van der Waals surface area (Å²) < 4.78 is 9.50. The first-order chi connectivity index (χ1) is 8.93. The molecule has 1 unspecified atom stereocenters. The van der Waals surface area contributed by atoms with Gasteiger partial charge in [-0.25, -0.2) is 4.79 Å². The standard InChI is InChI=1S/C13H15NO5/c1-8(15)14-12(13(17)18-3)10-4-6-11(7-5-10)19-9(2)16/h4-7,12H,1-3H3,(H,14,15). The van der Waals surface area contributed by atoms with Gasteiger partial charge in [0.05, 0.1) is 7.11 Å². The molecule has 0 saturated carbocycles. The van der Waals surface area contributed by atoms with Crippen molar-refractivity contribution in [3.8, 4) is 5.75 Å². The van der Waals surface area contributed by atoms with Gasteiger partial charge in [-0.1, -0.05) is 12.1 Å². The molecule has 0 heterocycles. The molecule has 6 nitrogen and oxygen atoms in total. The number of amides is 1. The largest absolute Gasteiger partial charge is 0.467 e. The molecule has 6 heteroatoms. The average Bonchev–Trinajstić information content (AvgIpc) is 2.35. The van der Waals surface area contributed by atoms with Crippen molar-refractivity contribution in [2.45, 2.75) is 19.9 Å². The Balaban J connectivity index is 2.93. The zero-order chi connectivity index (χ0) is 14.4. The third-order valence-electron chi connectivity index (χ3n) is 2.26. The summed E-state index contributed by atoms with van der Waals surface area (Å²) in [6.45, 7) is 2.60. The van der Waals surface area contributed by atoms with Gasteiger partial charge in [0.2, 0.25) is 5.91 Å². The summed E-state index contributed by atoms with van der Waals surface area (Å²) in [5.41, 5.74) is 0.540. The van der Waals surface area contributed by atoms with Crippen LogP contribution in [0.4, 0.5) is 0 Å². The molecule has 102 valence electrons. The van der Waals surface area contributed by atoms with E-state index in [1.54, 1.807) is 12.1 Å². The molecule has 1 rings (SSSR count). The first-order valence-electron chi connectivity index (χ1n) is 5.57. The molecule has 0 saturated heterocycles. The Hall–Kier alpha value is -2.37. The number of carbonyl (C=O) groups is 3. The Morgan fingerprint density at radius 3 is 2.11 bits per heavy atom. The van der Waals surface area contributed by atoms with E-state index in [9.17, 15) is 14.4 Å². The van der Waals surface area contributed by atoms with E-state index in [0.717, 1.165) is 0 Å². The molecular formula is C13H15NO5. The van der Waals surface area contributed by atoms with Crippen LogP contribution in [0.25, 0.3) is 0 Å². The molecule has 0 aliphatic heterocycles. The fourth-order valence-corrected chi connectivity index (χ4v) is 1.49. The average molecular weight is 265 g/mol. The first kappa shape index (κ1) is 14.7. The van der Waals surface area contributed by atoms with Crippen LogP contribution in [-0.2, 0) is 19.1 Å². The molecule has 1 amide bonds. The fourth-order valence-electron chi connectivity index (χ4n) is 1.49. The van der Waals surface area contributed by atoms with Crippen LogP contribution >= 0.6 is 0 Å². The van der Waals surface area contributed by atoms with Gasteiger partial charge in [-0.15, -0.1) is 0 Å². The molecule has 0 bridgehead atoms. The van der Waals surface area contributed by atoms with Crippen molar-refractivity contribution < 1.29 is 23.9 Å². The fraction of sp³-hybridized carbons (Fsp3) is 0.308. The van der Waals surface area contributed by atoms with Gasteiger partial charge >= 0.3 is 11.9 Å². The molecule has 0 radical (unpaired) electrons. The van der Waals surface area contributed by atoms with E-state index in [1.807, 2.05) is 0 Å². The number of ether oxygens (including phenoxy) is 2. The number of carbonyl (C=O) groups excluding carboxylic acids is 3. The molecule has 1 atom stereocenters. The van der Waals surface area contributed by atoms with Crippen molar-refractivity contribution in [2.24, 2.45) is 0 Å². The number of methoxy groups -OCH3 is 1. The van der Waals surface area contributed by atoms with Gasteiger partial charge in [-0.3, -0.25) is 9.59 Å². The van der Waals surface area contributed by atoms with Crippen molar-refractivity contribution in [3.63, 3.8) is 0 Å². The van der Waals surface area contributed by atoms with E-state index in [2.05, 4.69) is 10.1 Å². The van der Waals surface area contributed by atoms with Crippen LogP contribution in [0.3, 0.4) is 0 Å². The predicted octanol–water partition coefficient (Wildman–Crippen LogP) is 0.962. The molecular weight excluding hydrogens is 250 g/mol. The summed E-state index contributed by atoms with van der Waals surface area (Å²) in [5, 5.41) is 2.49. The molecule has 1 aromatic rings. The highest BCUT2D eigenvalue weighted by molar-refractivity contribution is 5.84. The summed E-state index contributed by atoms with van der Waals surface area (Å²) >= 11 is 0. The Bertz CT molecular complexity index is 480. The maximum absolute atomic E-state index is 11.6. The molecule has 19 heavy (non-hydrogen) atoms. The lowest BCUT2D eigenvalue weighted by Crippen LogP contribution is -2.32. The number of esters is 2. The minimum absolute atomic E-state index is 0.348. The van der Waals surface area contributed by atoms with Crippen LogP contribution in [0.2, 0.25) is 0 Å². The van der Waals surface area contributed by atoms with Crippen molar-refractivity contribution in [1.29, 1.82) is 0 Å². The number of benzene rings is 1. The Labute approximate surface area is 110 Å². The highest BCUT2D eigenvalue weighted by atomic mass is 16.5. The van der Waals surface area contributed by atoms with Crippen LogP contribution < -0.4 is 10.1 Å². The second-order valence-corrected chi connectivity index (χ2v) is 3.82. The van der Waals surface area contributed by atoms with Gasteiger partial charge < -0.3 is 14.8 Å². The van der Waals surface area contributed by atoms with Gasteiger partial charge in [0.15, 0.2) is 6.04 Å². The topological polar surface area (TPSA) is 81.7 Å².